The van der Waals surface area contributed by atoms with E-state index in [0.29, 0.717) is 11.8 Å². The Balaban J connectivity index is 2.78. The first-order chi connectivity index (χ1) is 7.13. The molecular formula is C15H20. The monoisotopic (exact) mass is 200 g/mol. The van der Waals surface area contributed by atoms with Gasteiger partial charge >= 0.3 is 0 Å². The second kappa shape index (κ2) is 5.61. The number of hydrogen-bond acceptors (Lipinski definition) is 0. The molecule has 1 atom stereocenters. The molecule has 80 valence electrons. The highest BCUT2D eigenvalue weighted by molar-refractivity contribution is 5.37. The zero-order chi connectivity index (χ0) is 11.3. The van der Waals surface area contributed by atoms with Gasteiger partial charge in [-0.3, -0.25) is 0 Å². The minimum absolute atomic E-state index is 0.444. The highest BCUT2D eigenvalue weighted by Crippen LogP contribution is 2.18. The molecule has 0 aliphatic rings. The van der Waals surface area contributed by atoms with E-state index in [4.69, 9.17) is 0 Å². The lowest BCUT2D eigenvalue weighted by Crippen LogP contribution is -1.90. The standard InChI is InChI=1S/C15H20/c1-5-13(4)15-10-8-14(9-11-15)7-6-12(2)3/h8-13H,5H2,1-4H3. The molecule has 0 radical (unpaired) electrons. The Bertz CT molecular complexity index is 346. The molecule has 0 bridgehead atoms. The van der Waals surface area contributed by atoms with Crippen molar-refractivity contribution in [3.8, 4) is 11.8 Å². The molecule has 15 heavy (non-hydrogen) atoms. The zero-order valence-corrected chi connectivity index (χ0v) is 10.2. The van der Waals surface area contributed by atoms with Gasteiger partial charge in [0, 0.05) is 11.5 Å². The minimum atomic E-state index is 0.444. The summed E-state index contributed by atoms with van der Waals surface area (Å²) in [6.07, 6.45) is 1.19. The number of hydrogen-bond donors (Lipinski definition) is 0. The van der Waals surface area contributed by atoms with Crippen LogP contribution in [0.5, 0.6) is 0 Å². The molecule has 0 spiro atoms. The van der Waals surface area contributed by atoms with Crippen molar-refractivity contribution in [1.82, 2.24) is 0 Å². The van der Waals surface area contributed by atoms with Crippen molar-refractivity contribution in [1.29, 1.82) is 0 Å². The molecule has 1 unspecified atom stereocenters. The summed E-state index contributed by atoms with van der Waals surface area (Å²) in [5, 5.41) is 0. The fourth-order valence-electron chi connectivity index (χ4n) is 1.36. The summed E-state index contributed by atoms with van der Waals surface area (Å²) in [5.74, 6) is 7.45. The fourth-order valence-corrected chi connectivity index (χ4v) is 1.36. The number of benzene rings is 1. The van der Waals surface area contributed by atoms with E-state index in [0.717, 1.165) is 5.56 Å². The van der Waals surface area contributed by atoms with E-state index >= 15 is 0 Å². The molecule has 0 saturated heterocycles. The van der Waals surface area contributed by atoms with Crippen LogP contribution < -0.4 is 0 Å². The van der Waals surface area contributed by atoms with Crippen LogP contribution in [0.3, 0.4) is 0 Å². The third-order valence-electron chi connectivity index (χ3n) is 2.60. The van der Waals surface area contributed by atoms with Crippen LogP contribution in [0.2, 0.25) is 0 Å². The SMILES string of the molecule is CCC(C)c1ccc(C#CC(C)C)cc1. The van der Waals surface area contributed by atoms with E-state index in [2.05, 4.69) is 63.8 Å². The van der Waals surface area contributed by atoms with Crippen molar-refractivity contribution >= 4 is 0 Å². The van der Waals surface area contributed by atoms with Crippen molar-refractivity contribution < 1.29 is 0 Å². The van der Waals surface area contributed by atoms with Crippen LogP contribution in [-0.2, 0) is 0 Å². The summed E-state index contributed by atoms with van der Waals surface area (Å²) in [6, 6.07) is 8.63. The maximum Gasteiger partial charge on any atom is 0.0245 e. The Morgan fingerprint density at radius 1 is 1.07 bits per heavy atom. The normalized spacial score (nSPS) is 12.1. The fraction of sp³-hybridized carbons (Fsp3) is 0.467. The molecule has 0 fully saturated rings. The van der Waals surface area contributed by atoms with E-state index < -0.39 is 0 Å². The van der Waals surface area contributed by atoms with E-state index in [-0.39, 0.29) is 0 Å². The van der Waals surface area contributed by atoms with Crippen molar-refractivity contribution in [2.75, 3.05) is 0 Å². The maximum atomic E-state index is 3.18. The van der Waals surface area contributed by atoms with E-state index in [1.54, 1.807) is 0 Å². The second-order valence-corrected chi connectivity index (χ2v) is 4.36. The molecule has 0 aliphatic carbocycles. The van der Waals surface area contributed by atoms with Crippen LogP contribution in [0.15, 0.2) is 24.3 Å². The molecule has 0 N–H and O–H groups in total. The second-order valence-electron chi connectivity index (χ2n) is 4.36. The molecule has 1 aromatic rings. The lowest BCUT2D eigenvalue weighted by atomic mass is 9.98. The van der Waals surface area contributed by atoms with Crippen LogP contribution in [0.1, 0.15) is 51.2 Å². The summed E-state index contributed by atoms with van der Waals surface area (Å²) in [5.41, 5.74) is 2.53. The molecule has 0 saturated carbocycles. The Hall–Kier alpha value is -1.22. The molecule has 0 amide bonds. The van der Waals surface area contributed by atoms with E-state index in [1.807, 2.05) is 0 Å². The van der Waals surface area contributed by atoms with Crippen LogP contribution in [0.4, 0.5) is 0 Å². The quantitative estimate of drug-likeness (QED) is 0.627. The highest BCUT2D eigenvalue weighted by Gasteiger charge is 2.01. The Morgan fingerprint density at radius 2 is 1.67 bits per heavy atom. The predicted octanol–water partition coefficient (Wildman–Crippen LogP) is 4.21. The first-order valence-corrected chi connectivity index (χ1v) is 5.75. The van der Waals surface area contributed by atoms with Crippen LogP contribution in [-0.4, -0.2) is 0 Å². The average molecular weight is 200 g/mol. The van der Waals surface area contributed by atoms with Gasteiger partial charge in [-0.05, 0) is 30.0 Å². The van der Waals surface area contributed by atoms with Gasteiger partial charge in [-0.25, -0.2) is 0 Å². The van der Waals surface area contributed by atoms with Gasteiger partial charge in [-0.15, -0.1) is 0 Å². The van der Waals surface area contributed by atoms with E-state index in [1.165, 1.54) is 12.0 Å². The first-order valence-electron chi connectivity index (χ1n) is 5.75. The Morgan fingerprint density at radius 3 is 2.13 bits per heavy atom. The Kier molecular flexibility index (Phi) is 4.43. The first kappa shape index (κ1) is 11.9. The summed E-state index contributed by atoms with van der Waals surface area (Å²) in [6.45, 7) is 8.70. The zero-order valence-electron chi connectivity index (χ0n) is 10.2. The van der Waals surface area contributed by atoms with Crippen molar-refractivity contribution in [2.45, 2.75) is 40.0 Å². The van der Waals surface area contributed by atoms with Gasteiger partial charge in [0.25, 0.3) is 0 Å². The minimum Gasteiger partial charge on any atom is -0.0951 e. The van der Waals surface area contributed by atoms with Gasteiger partial charge in [0.2, 0.25) is 0 Å². The van der Waals surface area contributed by atoms with Crippen LogP contribution in [0, 0.1) is 17.8 Å². The molecule has 0 heteroatoms. The smallest absolute Gasteiger partial charge is 0.0245 e. The van der Waals surface area contributed by atoms with Gasteiger partial charge in [-0.2, -0.15) is 0 Å². The number of rotatable bonds is 2. The van der Waals surface area contributed by atoms with Gasteiger partial charge in [0.05, 0.1) is 0 Å². The van der Waals surface area contributed by atoms with Gasteiger partial charge in [-0.1, -0.05) is 51.7 Å². The molecule has 1 aromatic carbocycles. The maximum absolute atomic E-state index is 3.18. The van der Waals surface area contributed by atoms with Gasteiger partial charge in [0.15, 0.2) is 0 Å². The molecule has 0 heterocycles. The van der Waals surface area contributed by atoms with Crippen molar-refractivity contribution in [2.24, 2.45) is 5.92 Å². The average Bonchev–Trinajstić information content (AvgIpc) is 2.26. The highest BCUT2D eigenvalue weighted by atomic mass is 14.1. The third-order valence-corrected chi connectivity index (χ3v) is 2.60. The van der Waals surface area contributed by atoms with Crippen molar-refractivity contribution in [3.63, 3.8) is 0 Å². The molecular weight excluding hydrogens is 180 g/mol. The third kappa shape index (κ3) is 3.80. The molecule has 0 aromatic heterocycles. The molecule has 0 nitrogen and oxygen atoms in total. The Labute approximate surface area is 93.7 Å². The molecule has 0 aliphatic heterocycles. The summed E-state index contributed by atoms with van der Waals surface area (Å²) < 4.78 is 0. The van der Waals surface area contributed by atoms with Crippen LogP contribution >= 0.6 is 0 Å². The van der Waals surface area contributed by atoms with E-state index in [9.17, 15) is 0 Å². The summed E-state index contributed by atoms with van der Waals surface area (Å²) in [7, 11) is 0. The lowest BCUT2D eigenvalue weighted by Gasteiger charge is -2.07. The predicted molar refractivity (Wildman–Crippen MR) is 66.9 cm³/mol. The molecule has 1 rings (SSSR count). The summed E-state index contributed by atoms with van der Waals surface area (Å²) >= 11 is 0. The summed E-state index contributed by atoms with van der Waals surface area (Å²) in [4.78, 5) is 0. The van der Waals surface area contributed by atoms with Gasteiger partial charge in [0.1, 0.15) is 0 Å². The lowest BCUT2D eigenvalue weighted by molar-refractivity contribution is 0.733. The van der Waals surface area contributed by atoms with Crippen molar-refractivity contribution in [3.05, 3.63) is 35.4 Å². The largest absolute Gasteiger partial charge is 0.0951 e. The topological polar surface area (TPSA) is 0 Å². The van der Waals surface area contributed by atoms with Gasteiger partial charge < -0.3 is 0 Å². The van der Waals surface area contributed by atoms with Crippen LogP contribution in [0.25, 0.3) is 0 Å².